The van der Waals surface area contributed by atoms with Crippen LogP contribution in [0.2, 0.25) is 0 Å². The number of nitrogens with zero attached hydrogens (tertiary/aromatic N) is 3. The first kappa shape index (κ1) is 13.3. The van der Waals surface area contributed by atoms with Crippen LogP contribution in [0, 0.1) is 0 Å². The Hall–Kier alpha value is -2.73. The summed E-state index contributed by atoms with van der Waals surface area (Å²) in [5.74, 6) is 0.461. The lowest BCUT2D eigenvalue weighted by atomic mass is 10.2. The Kier molecular flexibility index (Phi) is 3.61. The number of phenols is 1. The van der Waals surface area contributed by atoms with Gasteiger partial charge in [-0.1, -0.05) is 18.2 Å². The van der Waals surface area contributed by atoms with Gasteiger partial charge in [-0.15, -0.1) is 10.2 Å². The number of benzene rings is 2. The number of nitrogens with one attached hydrogen (secondary N) is 1. The van der Waals surface area contributed by atoms with E-state index in [2.05, 4.69) is 20.2 Å². The second-order valence-electron chi connectivity index (χ2n) is 4.53. The molecule has 0 aliphatic heterocycles. The summed E-state index contributed by atoms with van der Waals surface area (Å²) in [7, 11) is 1.61. The Bertz CT molecular complexity index is 762. The molecule has 0 saturated heterocycles. The van der Waals surface area contributed by atoms with E-state index in [1.165, 1.54) is 0 Å². The zero-order valence-corrected chi connectivity index (χ0v) is 11.4. The number of aromatic hydroxyl groups is 1. The molecule has 0 unspecified atom stereocenters. The number of aromatic nitrogens is 2. The zero-order chi connectivity index (χ0) is 14.7. The van der Waals surface area contributed by atoms with E-state index < -0.39 is 0 Å². The van der Waals surface area contributed by atoms with Crippen molar-refractivity contribution in [1.29, 1.82) is 0 Å². The van der Waals surface area contributed by atoms with Crippen LogP contribution in [0.3, 0.4) is 0 Å². The second-order valence-corrected chi connectivity index (χ2v) is 4.53. The lowest BCUT2D eigenvalue weighted by Gasteiger charge is -2.02. The third kappa shape index (κ3) is 2.90. The normalized spacial score (nSPS) is 11.5. The molecule has 0 amide bonds. The van der Waals surface area contributed by atoms with Gasteiger partial charge < -0.3 is 14.8 Å². The van der Waals surface area contributed by atoms with E-state index in [0.29, 0.717) is 18.2 Å². The molecule has 6 nitrogen and oxygen atoms in total. The zero-order valence-electron chi connectivity index (χ0n) is 11.4. The number of H-pyrrole nitrogens is 1. The maximum absolute atomic E-state index is 9.80. The molecule has 3 rings (SSSR count). The van der Waals surface area contributed by atoms with Crippen LogP contribution >= 0.6 is 0 Å². The van der Waals surface area contributed by atoms with E-state index in [0.717, 1.165) is 16.6 Å². The third-order valence-electron chi connectivity index (χ3n) is 2.98. The topological polar surface area (TPSA) is 82.9 Å². The molecule has 0 aliphatic carbocycles. The van der Waals surface area contributed by atoms with Crippen LogP contribution < -0.4 is 0 Å². The van der Waals surface area contributed by atoms with Crippen LogP contribution in [0.5, 0.6) is 5.75 Å². The summed E-state index contributed by atoms with van der Waals surface area (Å²) in [6.45, 7) is 0.452. The van der Waals surface area contributed by atoms with Gasteiger partial charge in [0.1, 0.15) is 11.4 Å². The van der Waals surface area contributed by atoms with Crippen LogP contribution in [0.25, 0.3) is 11.0 Å². The highest BCUT2D eigenvalue weighted by Gasteiger charge is 2.04. The number of methoxy groups -OCH3 is 1. The fraction of sp³-hybridized carbons (Fsp3) is 0.133. The van der Waals surface area contributed by atoms with E-state index in [1.54, 1.807) is 25.3 Å². The van der Waals surface area contributed by atoms with Crippen molar-refractivity contribution in [1.82, 2.24) is 9.97 Å². The minimum absolute atomic E-state index is 0.0646. The first-order valence-electron chi connectivity index (χ1n) is 6.43. The van der Waals surface area contributed by atoms with Gasteiger partial charge in [0.05, 0.1) is 17.6 Å². The van der Waals surface area contributed by atoms with Crippen molar-refractivity contribution < 1.29 is 9.84 Å². The highest BCUT2D eigenvalue weighted by atomic mass is 16.5. The fourth-order valence-electron chi connectivity index (χ4n) is 1.99. The fourth-order valence-corrected chi connectivity index (χ4v) is 1.99. The molecule has 2 aromatic carbocycles. The first-order chi connectivity index (χ1) is 10.3. The minimum Gasteiger partial charge on any atom is -0.506 e. The lowest BCUT2D eigenvalue weighted by Crippen LogP contribution is -1.86. The number of hydrogen-bond donors (Lipinski definition) is 2. The number of aromatic amines is 1. The Morgan fingerprint density at radius 3 is 2.86 bits per heavy atom. The largest absolute Gasteiger partial charge is 0.506 e. The molecule has 0 atom stereocenters. The van der Waals surface area contributed by atoms with Crippen molar-refractivity contribution in [2.75, 3.05) is 7.11 Å². The Morgan fingerprint density at radius 2 is 2.05 bits per heavy atom. The van der Waals surface area contributed by atoms with Crippen molar-refractivity contribution in [3.05, 3.63) is 48.0 Å². The van der Waals surface area contributed by atoms with E-state index in [-0.39, 0.29) is 5.75 Å². The summed E-state index contributed by atoms with van der Waals surface area (Å²) < 4.78 is 5.05. The predicted octanol–water partition coefficient (Wildman–Crippen LogP) is 3.83. The van der Waals surface area contributed by atoms with Gasteiger partial charge in [0.2, 0.25) is 5.95 Å². The SMILES string of the molecule is COCc1ccc(O)c(N=Nc2nc3ccccc3[nH]2)c1. The second kappa shape index (κ2) is 5.72. The number of fused-ring (bicyclic) bond motifs is 1. The van der Waals surface area contributed by atoms with Gasteiger partial charge in [-0.3, -0.25) is 0 Å². The van der Waals surface area contributed by atoms with Crippen LogP contribution in [0.4, 0.5) is 11.6 Å². The van der Waals surface area contributed by atoms with E-state index >= 15 is 0 Å². The number of phenolic OH excluding ortho intramolecular Hbond substituents is 1. The van der Waals surface area contributed by atoms with Crippen LogP contribution in [0.1, 0.15) is 5.56 Å². The molecule has 0 saturated carbocycles. The van der Waals surface area contributed by atoms with Gasteiger partial charge in [-0.2, -0.15) is 0 Å². The summed E-state index contributed by atoms with van der Waals surface area (Å²) in [4.78, 5) is 7.34. The molecule has 0 radical (unpaired) electrons. The Balaban J connectivity index is 1.89. The molecule has 1 heterocycles. The molecule has 21 heavy (non-hydrogen) atoms. The van der Waals surface area contributed by atoms with Crippen LogP contribution in [-0.4, -0.2) is 22.2 Å². The summed E-state index contributed by atoms with van der Waals surface area (Å²) in [5.41, 5.74) is 3.01. The number of imidazole rings is 1. The minimum atomic E-state index is 0.0646. The summed E-state index contributed by atoms with van der Waals surface area (Å²) in [6.07, 6.45) is 0. The lowest BCUT2D eigenvalue weighted by molar-refractivity contribution is 0.185. The Labute approximate surface area is 121 Å². The van der Waals surface area contributed by atoms with E-state index in [9.17, 15) is 5.11 Å². The maximum atomic E-state index is 9.80. The molecular weight excluding hydrogens is 268 g/mol. The molecular formula is C15H14N4O2. The Morgan fingerprint density at radius 1 is 1.19 bits per heavy atom. The number of para-hydroxylation sites is 2. The number of ether oxygens (including phenoxy) is 1. The molecule has 1 aromatic heterocycles. The summed E-state index contributed by atoms with van der Waals surface area (Å²) in [6, 6.07) is 12.7. The van der Waals surface area contributed by atoms with E-state index in [1.807, 2.05) is 24.3 Å². The van der Waals surface area contributed by atoms with Gasteiger partial charge in [0.25, 0.3) is 0 Å². The molecule has 2 N–H and O–H groups in total. The molecule has 0 aliphatic rings. The highest BCUT2D eigenvalue weighted by molar-refractivity contribution is 5.76. The summed E-state index contributed by atoms with van der Waals surface area (Å²) >= 11 is 0. The average molecular weight is 282 g/mol. The standard InChI is InChI=1S/C15H14N4O2/c1-21-9-10-6-7-14(20)13(8-10)18-19-15-16-11-4-2-3-5-12(11)17-15/h2-8,20H,9H2,1H3,(H,16,17). The number of azo groups is 1. The van der Waals surface area contributed by atoms with E-state index in [4.69, 9.17) is 4.74 Å². The quantitative estimate of drug-likeness (QED) is 0.713. The van der Waals surface area contributed by atoms with Gasteiger partial charge in [0, 0.05) is 7.11 Å². The molecule has 3 aromatic rings. The van der Waals surface area contributed by atoms with Crippen molar-refractivity contribution in [2.24, 2.45) is 10.2 Å². The smallest absolute Gasteiger partial charge is 0.247 e. The first-order valence-corrected chi connectivity index (χ1v) is 6.43. The highest BCUT2D eigenvalue weighted by Crippen LogP contribution is 2.29. The summed E-state index contributed by atoms with van der Waals surface area (Å²) in [5, 5.41) is 17.9. The van der Waals surface area contributed by atoms with Gasteiger partial charge >= 0.3 is 0 Å². The molecule has 0 fully saturated rings. The molecule has 0 bridgehead atoms. The van der Waals surface area contributed by atoms with Crippen molar-refractivity contribution in [3.63, 3.8) is 0 Å². The van der Waals surface area contributed by atoms with Crippen LogP contribution in [0.15, 0.2) is 52.7 Å². The monoisotopic (exact) mass is 282 g/mol. The van der Waals surface area contributed by atoms with Crippen molar-refractivity contribution >= 4 is 22.7 Å². The van der Waals surface area contributed by atoms with Gasteiger partial charge in [-0.05, 0) is 29.8 Å². The number of hydrogen-bond acceptors (Lipinski definition) is 5. The predicted molar refractivity (Wildman–Crippen MR) is 79.1 cm³/mol. The van der Waals surface area contributed by atoms with Gasteiger partial charge in [0.15, 0.2) is 0 Å². The van der Waals surface area contributed by atoms with Crippen molar-refractivity contribution in [3.8, 4) is 5.75 Å². The molecule has 6 heteroatoms. The maximum Gasteiger partial charge on any atom is 0.247 e. The van der Waals surface area contributed by atoms with Gasteiger partial charge in [-0.25, -0.2) is 4.98 Å². The van der Waals surface area contributed by atoms with Crippen LogP contribution in [-0.2, 0) is 11.3 Å². The third-order valence-corrected chi connectivity index (χ3v) is 2.98. The van der Waals surface area contributed by atoms with Crippen molar-refractivity contribution in [2.45, 2.75) is 6.61 Å². The molecule has 106 valence electrons. The number of rotatable bonds is 4. The average Bonchev–Trinajstić information content (AvgIpc) is 2.91. The molecule has 0 spiro atoms.